The van der Waals surface area contributed by atoms with Crippen LogP contribution in [0.5, 0.6) is 0 Å². The molecule has 1 aliphatic carbocycles. The summed E-state index contributed by atoms with van der Waals surface area (Å²) < 4.78 is 5.31. The lowest BCUT2D eigenvalue weighted by Gasteiger charge is -2.25. The van der Waals surface area contributed by atoms with Crippen LogP contribution in [0.3, 0.4) is 0 Å². The van der Waals surface area contributed by atoms with Crippen LogP contribution in [0.1, 0.15) is 45.3 Å². The van der Waals surface area contributed by atoms with Crippen LogP contribution in [0.2, 0.25) is 0 Å². The standard InChI is InChI=1S/C13H24N4O.ClH/c1-13(2,3)12-15-11(18-16-12)8-17(4)10(7-14)9-5-6-9;/h9-10H,5-8,14H2,1-4H3;1H. The van der Waals surface area contributed by atoms with E-state index in [-0.39, 0.29) is 17.8 Å². The summed E-state index contributed by atoms with van der Waals surface area (Å²) >= 11 is 0. The number of halogens is 1. The Labute approximate surface area is 121 Å². The molecule has 0 radical (unpaired) electrons. The zero-order chi connectivity index (χ0) is 13.3. The van der Waals surface area contributed by atoms with E-state index >= 15 is 0 Å². The van der Waals surface area contributed by atoms with E-state index in [2.05, 4.69) is 42.9 Å². The summed E-state index contributed by atoms with van der Waals surface area (Å²) in [6, 6.07) is 0.440. The van der Waals surface area contributed by atoms with E-state index in [0.29, 0.717) is 25.0 Å². The smallest absolute Gasteiger partial charge is 0.240 e. The molecule has 6 heteroatoms. The van der Waals surface area contributed by atoms with Gasteiger partial charge in [-0.1, -0.05) is 25.9 Å². The number of likely N-dealkylation sites (N-methyl/N-ethyl adjacent to an activating group) is 1. The van der Waals surface area contributed by atoms with Crippen LogP contribution in [0.4, 0.5) is 0 Å². The van der Waals surface area contributed by atoms with Gasteiger partial charge in [-0.15, -0.1) is 12.4 Å². The molecule has 1 heterocycles. The number of hydrogen-bond donors (Lipinski definition) is 1. The monoisotopic (exact) mass is 288 g/mol. The maximum absolute atomic E-state index is 5.83. The van der Waals surface area contributed by atoms with Crippen LogP contribution in [0.15, 0.2) is 4.52 Å². The predicted molar refractivity (Wildman–Crippen MR) is 77.3 cm³/mol. The van der Waals surface area contributed by atoms with Crippen molar-refractivity contribution >= 4 is 12.4 Å². The first-order valence-electron chi connectivity index (χ1n) is 6.65. The first-order valence-corrected chi connectivity index (χ1v) is 6.65. The number of rotatable bonds is 5. The molecular formula is C13H25ClN4O. The molecule has 2 N–H and O–H groups in total. The van der Waals surface area contributed by atoms with Gasteiger partial charge < -0.3 is 10.3 Å². The van der Waals surface area contributed by atoms with E-state index in [1.165, 1.54) is 12.8 Å². The Morgan fingerprint density at radius 1 is 1.42 bits per heavy atom. The molecule has 1 aliphatic rings. The van der Waals surface area contributed by atoms with Gasteiger partial charge in [0.15, 0.2) is 5.82 Å². The Bertz CT molecular complexity index is 398. The number of nitrogens with zero attached hydrogens (tertiary/aromatic N) is 3. The molecule has 0 saturated heterocycles. The third-order valence-corrected chi connectivity index (χ3v) is 3.50. The zero-order valence-corrected chi connectivity index (χ0v) is 13.0. The van der Waals surface area contributed by atoms with E-state index in [1.54, 1.807) is 0 Å². The molecule has 1 fully saturated rings. The third-order valence-electron chi connectivity index (χ3n) is 3.50. The van der Waals surface area contributed by atoms with Crippen LogP contribution in [0.25, 0.3) is 0 Å². The second-order valence-electron chi connectivity index (χ2n) is 6.32. The molecule has 0 spiro atoms. The van der Waals surface area contributed by atoms with Gasteiger partial charge >= 0.3 is 0 Å². The Hall–Kier alpha value is -0.650. The molecule has 2 rings (SSSR count). The van der Waals surface area contributed by atoms with Crippen molar-refractivity contribution in [3.8, 4) is 0 Å². The lowest BCUT2D eigenvalue weighted by molar-refractivity contribution is 0.189. The van der Waals surface area contributed by atoms with Crippen LogP contribution < -0.4 is 5.73 Å². The van der Waals surface area contributed by atoms with Crippen LogP contribution >= 0.6 is 12.4 Å². The van der Waals surface area contributed by atoms with Crippen LogP contribution in [-0.4, -0.2) is 34.7 Å². The molecule has 19 heavy (non-hydrogen) atoms. The fourth-order valence-electron chi connectivity index (χ4n) is 2.17. The lowest BCUT2D eigenvalue weighted by atomic mass is 9.96. The highest BCUT2D eigenvalue weighted by atomic mass is 35.5. The number of hydrogen-bond acceptors (Lipinski definition) is 5. The molecule has 0 aromatic carbocycles. The first-order chi connectivity index (χ1) is 8.41. The van der Waals surface area contributed by atoms with Gasteiger partial charge in [-0.05, 0) is 25.8 Å². The third kappa shape index (κ3) is 4.16. The molecule has 0 bridgehead atoms. The van der Waals surface area contributed by atoms with Crippen molar-refractivity contribution in [2.75, 3.05) is 13.6 Å². The topological polar surface area (TPSA) is 68.2 Å². The molecule has 0 aliphatic heterocycles. The van der Waals surface area contributed by atoms with E-state index in [9.17, 15) is 0 Å². The van der Waals surface area contributed by atoms with E-state index in [0.717, 1.165) is 11.7 Å². The molecule has 1 atom stereocenters. The molecule has 1 unspecified atom stereocenters. The van der Waals surface area contributed by atoms with E-state index in [1.807, 2.05) is 0 Å². The van der Waals surface area contributed by atoms with Gasteiger partial charge in [-0.25, -0.2) is 0 Å². The largest absolute Gasteiger partial charge is 0.338 e. The van der Waals surface area contributed by atoms with Crippen molar-refractivity contribution < 1.29 is 4.52 Å². The average Bonchev–Trinajstić information content (AvgIpc) is 2.97. The van der Waals surface area contributed by atoms with Gasteiger partial charge in [0.05, 0.1) is 6.54 Å². The minimum atomic E-state index is -0.0654. The molecule has 110 valence electrons. The zero-order valence-electron chi connectivity index (χ0n) is 12.2. The summed E-state index contributed by atoms with van der Waals surface area (Å²) in [7, 11) is 2.08. The summed E-state index contributed by atoms with van der Waals surface area (Å²) in [6.45, 7) is 7.62. The highest BCUT2D eigenvalue weighted by Gasteiger charge is 2.33. The molecule has 1 aromatic heterocycles. The van der Waals surface area contributed by atoms with Crippen molar-refractivity contribution in [2.45, 2.75) is 51.6 Å². The van der Waals surface area contributed by atoms with Crippen molar-refractivity contribution in [1.82, 2.24) is 15.0 Å². The molecule has 5 nitrogen and oxygen atoms in total. The molecule has 1 saturated carbocycles. The summed E-state index contributed by atoms with van der Waals surface area (Å²) in [5.74, 6) is 2.20. The summed E-state index contributed by atoms with van der Waals surface area (Å²) in [5, 5.41) is 4.04. The minimum absolute atomic E-state index is 0. The lowest BCUT2D eigenvalue weighted by Crippen LogP contribution is -2.39. The Kier molecular flexibility index (Phi) is 5.35. The summed E-state index contributed by atoms with van der Waals surface area (Å²) in [4.78, 5) is 6.69. The Morgan fingerprint density at radius 2 is 2.05 bits per heavy atom. The quantitative estimate of drug-likeness (QED) is 0.897. The maximum Gasteiger partial charge on any atom is 0.240 e. The normalized spacial score (nSPS) is 17.4. The molecular weight excluding hydrogens is 264 g/mol. The maximum atomic E-state index is 5.83. The van der Waals surface area contributed by atoms with Crippen LogP contribution in [0, 0.1) is 5.92 Å². The van der Waals surface area contributed by atoms with Gasteiger partial charge in [0, 0.05) is 18.0 Å². The highest BCUT2D eigenvalue weighted by molar-refractivity contribution is 5.85. The highest BCUT2D eigenvalue weighted by Crippen LogP contribution is 2.34. The van der Waals surface area contributed by atoms with Gasteiger partial charge in [0.1, 0.15) is 0 Å². The van der Waals surface area contributed by atoms with Crippen molar-refractivity contribution in [3.05, 3.63) is 11.7 Å². The molecule has 0 amide bonds. The summed E-state index contributed by atoms with van der Waals surface area (Å²) in [6.07, 6.45) is 2.59. The number of nitrogens with two attached hydrogens (primary N) is 1. The van der Waals surface area contributed by atoms with Crippen molar-refractivity contribution in [2.24, 2.45) is 11.7 Å². The SMILES string of the molecule is CN(Cc1nc(C(C)(C)C)no1)C(CN)C1CC1.Cl. The fraction of sp³-hybridized carbons (Fsp3) is 0.846. The second kappa shape index (κ2) is 6.20. The fourth-order valence-corrected chi connectivity index (χ4v) is 2.17. The van der Waals surface area contributed by atoms with Gasteiger partial charge in [-0.3, -0.25) is 4.90 Å². The summed E-state index contributed by atoms with van der Waals surface area (Å²) in [5.41, 5.74) is 5.77. The van der Waals surface area contributed by atoms with E-state index < -0.39 is 0 Å². The Morgan fingerprint density at radius 3 is 2.47 bits per heavy atom. The first kappa shape index (κ1) is 16.4. The number of aromatic nitrogens is 2. The van der Waals surface area contributed by atoms with Gasteiger partial charge in [0.2, 0.25) is 5.89 Å². The molecule has 1 aromatic rings. The van der Waals surface area contributed by atoms with Gasteiger partial charge in [0.25, 0.3) is 0 Å². The average molecular weight is 289 g/mol. The minimum Gasteiger partial charge on any atom is -0.338 e. The second-order valence-corrected chi connectivity index (χ2v) is 6.32. The predicted octanol–water partition coefficient (Wildman–Crippen LogP) is 1.96. The van der Waals surface area contributed by atoms with E-state index in [4.69, 9.17) is 10.3 Å². The Balaban J connectivity index is 0.00000180. The van der Waals surface area contributed by atoms with Gasteiger partial charge in [-0.2, -0.15) is 4.98 Å². The van der Waals surface area contributed by atoms with Crippen LogP contribution in [-0.2, 0) is 12.0 Å². The van der Waals surface area contributed by atoms with Crippen molar-refractivity contribution in [3.63, 3.8) is 0 Å². The van der Waals surface area contributed by atoms with Crippen molar-refractivity contribution in [1.29, 1.82) is 0 Å².